The first-order valence-electron chi connectivity index (χ1n) is 9.91. The topological polar surface area (TPSA) is 70.2 Å². The summed E-state index contributed by atoms with van der Waals surface area (Å²) < 4.78 is 14.7. The monoisotopic (exact) mass is 433 g/mol. The lowest BCUT2D eigenvalue weighted by Crippen LogP contribution is -2.25. The molecule has 1 aliphatic rings. The van der Waals surface area contributed by atoms with Crippen molar-refractivity contribution in [3.8, 4) is 0 Å². The second kappa shape index (κ2) is 10.0. The van der Waals surface area contributed by atoms with Crippen LogP contribution >= 0.6 is 12.4 Å². The van der Waals surface area contributed by atoms with Crippen molar-refractivity contribution in [3.63, 3.8) is 0 Å². The van der Waals surface area contributed by atoms with Gasteiger partial charge in [0.2, 0.25) is 11.8 Å². The van der Waals surface area contributed by atoms with Crippen LogP contribution in [0.5, 0.6) is 0 Å². The molecule has 2 aromatic carbocycles. The van der Waals surface area contributed by atoms with E-state index in [0.29, 0.717) is 30.6 Å². The first kappa shape index (κ1) is 23.8. The molecule has 0 bridgehead atoms. The molecule has 0 atom stereocenters. The Morgan fingerprint density at radius 2 is 1.73 bits per heavy atom. The molecule has 5 nitrogen and oxygen atoms in total. The summed E-state index contributed by atoms with van der Waals surface area (Å²) in [5, 5.41) is 8.75. The number of rotatable bonds is 5. The normalized spacial score (nSPS) is 13.1. The van der Waals surface area contributed by atoms with Gasteiger partial charge in [-0.15, -0.1) is 12.4 Å². The summed E-state index contributed by atoms with van der Waals surface area (Å²) >= 11 is 0. The minimum atomic E-state index is -0.339. The fourth-order valence-electron chi connectivity index (χ4n) is 3.40. The Morgan fingerprint density at radius 3 is 2.40 bits per heavy atom. The third-order valence-corrected chi connectivity index (χ3v) is 4.77. The van der Waals surface area contributed by atoms with E-state index in [1.807, 2.05) is 26.8 Å². The van der Waals surface area contributed by atoms with E-state index in [4.69, 9.17) is 0 Å². The van der Waals surface area contributed by atoms with E-state index < -0.39 is 0 Å². The van der Waals surface area contributed by atoms with E-state index in [9.17, 15) is 14.0 Å². The smallest absolute Gasteiger partial charge is 0.228 e. The molecule has 0 aromatic heterocycles. The van der Waals surface area contributed by atoms with Crippen molar-refractivity contribution in [3.05, 3.63) is 58.9 Å². The van der Waals surface area contributed by atoms with Crippen LogP contribution in [0.25, 0.3) is 0 Å². The van der Waals surface area contributed by atoms with Gasteiger partial charge in [-0.25, -0.2) is 4.39 Å². The largest absolute Gasteiger partial charge is 0.326 e. The van der Waals surface area contributed by atoms with Crippen LogP contribution < -0.4 is 16.0 Å². The molecule has 30 heavy (non-hydrogen) atoms. The number of carbonyl (C=O) groups is 2. The molecule has 162 valence electrons. The Hall–Kier alpha value is -2.44. The molecule has 0 saturated heterocycles. The number of nitrogens with one attached hydrogen (secondary N) is 3. The van der Waals surface area contributed by atoms with Crippen LogP contribution in [0.15, 0.2) is 36.4 Å². The molecule has 1 heterocycles. The number of fused-ring (bicyclic) bond motifs is 1. The van der Waals surface area contributed by atoms with Gasteiger partial charge in [0.1, 0.15) is 5.82 Å². The van der Waals surface area contributed by atoms with E-state index in [0.717, 1.165) is 17.7 Å². The van der Waals surface area contributed by atoms with Crippen LogP contribution in [0, 0.1) is 11.2 Å². The highest BCUT2D eigenvalue weighted by Crippen LogP contribution is 2.25. The summed E-state index contributed by atoms with van der Waals surface area (Å²) in [6.07, 6.45) is 1.18. The summed E-state index contributed by atoms with van der Waals surface area (Å²) in [5.41, 5.74) is 3.25. The highest BCUT2D eigenvalue weighted by molar-refractivity contribution is 5.93. The fraction of sp³-hybridized carbons (Fsp3) is 0.391. The minimum absolute atomic E-state index is 0. The average Bonchev–Trinajstić information content (AvgIpc) is 2.64. The van der Waals surface area contributed by atoms with Crippen molar-refractivity contribution in [2.24, 2.45) is 5.41 Å². The van der Waals surface area contributed by atoms with Crippen molar-refractivity contribution in [2.45, 2.75) is 46.6 Å². The third-order valence-electron chi connectivity index (χ3n) is 4.77. The fourth-order valence-corrected chi connectivity index (χ4v) is 3.40. The number of benzene rings is 2. The number of carbonyl (C=O) groups excluding carboxylic acids is 2. The standard InChI is InChI=1S/C23H28FN3O2.ClH/c1-23(2,3)13-21(29)26-17-7-4-15(5-8-17)12-20(28)27-19-9-6-16-14-25-11-10-18(16)22(19)24;/h4-9,25H,10-14H2,1-3H3,(H,26,29)(H,27,28);1H. The number of hydrogen-bond donors (Lipinski definition) is 3. The maximum absolute atomic E-state index is 14.7. The van der Waals surface area contributed by atoms with Crippen LogP contribution in [0.3, 0.4) is 0 Å². The van der Waals surface area contributed by atoms with E-state index in [1.54, 1.807) is 30.3 Å². The number of halogens is 2. The van der Waals surface area contributed by atoms with Crippen LogP contribution in [0.4, 0.5) is 15.8 Å². The van der Waals surface area contributed by atoms with E-state index >= 15 is 0 Å². The second-order valence-electron chi connectivity index (χ2n) is 8.70. The van der Waals surface area contributed by atoms with Crippen molar-refractivity contribution in [2.75, 3.05) is 17.2 Å². The Labute approximate surface area is 183 Å². The lowest BCUT2D eigenvalue weighted by molar-refractivity contribution is -0.118. The van der Waals surface area contributed by atoms with Gasteiger partial charge in [-0.05, 0) is 53.3 Å². The molecule has 0 spiro atoms. The average molecular weight is 434 g/mol. The van der Waals surface area contributed by atoms with Crippen molar-refractivity contribution in [1.82, 2.24) is 5.32 Å². The molecule has 3 rings (SSSR count). The van der Waals surface area contributed by atoms with Crippen molar-refractivity contribution < 1.29 is 14.0 Å². The van der Waals surface area contributed by atoms with Crippen molar-refractivity contribution >= 4 is 35.6 Å². The Morgan fingerprint density at radius 1 is 1.03 bits per heavy atom. The van der Waals surface area contributed by atoms with Gasteiger partial charge in [-0.3, -0.25) is 9.59 Å². The lowest BCUT2D eigenvalue weighted by atomic mass is 9.92. The third kappa shape index (κ3) is 6.54. The maximum atomic E-state index is 14.7. The van der Waals surface area contributed by atoms with Gasteiger partial charge >= 0.3 is 0 Å². The van der Waals surface area contributed by atoms with Crippen LogP contribution in [0.2, 0.25) is 0 Å². The van der Waals surface area contributed by atoms with Gasteiger partial charge in [0.15, 0.2) is 0 Å². The lowest BCUT2D eigenvalue weighted by Gasteiger charge is -2.19. The summed E-state index contributed by atoms with van der Waals surface area (Å²) in [4.78, 5) is 24.4. The summed E-state index contributed by atoms with van der Waals surface area (Å²) in [7, 11) is 0. The van der Waals surface area contributed by atoms with Crippen LogP contribution in [-0.2, 0) is 29.0 Å². The van der Waals surface area contributed by atoms with E-state index in [-0.39, 0.29) is 47.6 Å². The van der Waals surface area contributed by atoms with E-state index in [1.165, 1.54) is 0 Å². The zero-order valence-electron chi connectivity index (χ0n) is 17.6. The highest BCUT2D eigenvalue weighted by Gasteiger charge is 2.18. The SMILES string of the molecule is CC(C)(C)CC(=O)Nc1ccc(CC(=O)Nc2ccc3c(c2F)CCNC3)cc1.Cl. The molecule has 2 aromatic rings. The van der Waals surface area contributed by atoms with Gasteiger partial charge in [-0.1, -0.05) is 39.0 Å². The molecule has 3 N–H and O–H groups in total. The molecule has 0 fully saturated rings. The molecule has 7 heteroatoms. The van der Waals surface area contributed by atoms with Gasteiger partial charge in [0.05, 0.1) is 12.1 Å². The molecule has 0 unspecified atom stereocenters. The molecule has 0 aliphatic carbocycles. The Bertz CT molecular complexity index is 908. The molecule has 0 radical (unpaired) electrons. The number of anilines is 2. The maximum Gasteiger partial charge on any atom is 0.228 e. The Balaban J connectivity index is 0.00000320. The predicted octanol–water partition coefficient (Wildman–Crippen LogP) is 4.45. The van der Waals surface area contributed by atoms with Gasteiger partial charge in [0, 0.05) is 18.7 Å². The number of hydrogen-bond acceptors (Lipinski definition) is 3. The molecule has 2 amide bonds. The van der Waals surface area contributed by atoms with E-state index in [2.05, 4.69) is 16.0 Å². The highest BCUT2D eigenvalue weighted by atomic mass is 35.5. The summed E-state index contributed by atoms with van der Waals surface area (Å²) in [6.45, 7) is 7.42. The summed E-state index contributed by atoms with van der Waals surface area (Å²) in [6, 6.07) is 10.6. The molecular weight excluding hydrogens is 405 g/mol. The van der Waals surface area contributed by atoms with Gasteiger partial charge in [-0.2, -0.15) is 0 Å². The second-order valence-corrected chi connectivity index (χ2v) is 8.70. The van der Waals surface area contributed by atoms with Gasteiger partial charge < -0.3 is 16.0 Å². The zero-order chi connectivity index (χ0) is 21.0. The predicted molar refractivity (Wildman–Crippen MR) is 121 cm³/mol. The van der Waals surface area contributed by atoms with Crippen LogP contribution in [0.1, 0.15) is 43.9 Å². The first-order valence-corrected chi connectivity index (χ1v) is 9.91. The summed E-state index contributed by atoms with van der Waals surface area (Å²) in [5.74, 6) is -0.655. The van der Waals surface area contributed by atoms with Gasteiger partial charge in [0.25, 0.3) is 0 Å². The Kier molecular flexibility index (Phi) is 7.98. The number of amides is 2. The molecule has 0 saturated carbocycles. The van der Waals surface area contributed by atoms with Crippen molar-refractivity contribution in [1.29, 1.82) is 0 Å². The molecule has 1 aliphatic heterocycles. The quantitative estimate of drug-likeness (QED) is 0.652. The minimum Gasteiger partial charge on any atom is -0.326 e. The first-order chi connectivity index (χ1) is 13.7. The van der Waals surface area contributed by atoms with Crippen LogP contribution in [-0.4, -0.2) is 18.4 Å². The zero-order valence-corrected chi connectivity index (χ0v) is 18.4. The molecular formula is C23H29ClFN3O2.